The van der Waals surface area contributed by atoms with Crippen LogP contribution in [0.3, 0.4) is 0 Å². The molecule has 0 heterocycles. The third kappa shape index (κ3) is 7.86. The van der Waals surface area contributed by atoms with Gasteiger partial charge in [0.05, 0.1) is 0 Å². The molecule has 3 aromatic rings. The predicted octanol–water partition coefficient (Wildman–Crippen LogP) is 10.9. The summed E-state index contributed by atoms with van der Waals surface area (Å²) < 4.78 is 173. The average molecular weight is 638 g/mol. The Kier molecular flexibility index (Phi) is 10.6. The Balaban J connectivity index is 1.92. The second-order valence-electron chi connectivity index (χ2n) is 9.40. The Labute approximate surface area is 243 Å². The number of hydrogen-bond donors (Lipinski definition) is 0. The molecule has 0 saturated carbocycles. The van der Waals surface area contributed by atoms with E-state index in [-0.39, 0.29) is 35.4 Å². The van der Waals surface area contributed by atoms with Crippen LogP contribution in [0.5, 0.6) is 5.75 Å². The number of benzene rings is 3. The van der Waals surface area contributed by atoms with Gasteiger partial charge in [-0.2, -0.15) is 22.0 Å². The van der Waals surface area contributed by atoms with Gasteiger partial charge in [-0.25, -0.2) is 30.7 Å². The Morgan fingerprint density at radius 1 is 0.818 bits per heavy atom. The van der Waals surface area contributed by atoms with Gasteiger partial charge >= 0.3 is 12.3 Å². The van der Waals surface area contributed by atoms with Crippen LogP contribution in [-0.2, 0) is 19.0 Å². The van der Waals surface area contributed by atoms with Crippen LogP contribution in [0.4, 0.5) is 52.7 Å². The van der Waals surface area contributed by atoms with Gasteiger partial charge in [0, 0.05) is 23.3 Å². The topological polar surface area (TPSA) is 9.23 Å². The van der Waals surface area contributed by atoms with Crippen molar-refractivity contribution >= 4 is 0 Å². The van der Waals surface area contributed by atoms with Crippen molar-refractivity contribution in [3.8, 4) is 16.9 Å². The number of alkyl halides is 5. The van der Waals surface area contributed by atoms with E-state index in [1.807, 2.05) is 6.92 Å². The standard InChI is InChI=1S/C31H22F12O/c1-3-5-6-16-7-8-19(23(34)11-16)17-12-24(35)20(25(36)13-17)9-10-22(33)29(21(32)4-2)31(42,43)44-18-14-26(37)28(27(38)15-18)30(39,40)41/h4,7-8,10-15H,2-3,5-6,9H2,1H3/b22-10+,29-21-. The Morgan fingerprint density at radius 2 is 1.41 bits per heavy atom. The molecule has 0 aliphatic carbocycles. The molecule has 0 fully saturated rings. The molecule has 0 spiro atoms. The lowest BCUT2D eigenvalue weighted by Crippen LogP contribution is -2.29. The molecule has 3 rings (SSSR count). The largest absolute Gasteiger partial charge is 0.432 e. The number of aryl methyl sites for hydroxylation is 1. The van der Waals surface area contributed by atoms with E-state index >= 15 is 0 Å². The summed E-state index contributed by atoms with van der Waals surface area (Å²) in [7, 11) is 0. The first-order chi connectivity index (χ1) is 20.5. The third-order valence-corrected chi connectivity index (χ3v) is 6.28. The first kappa shape index (κ1) is 34.3. The molecule has 0 aliphatic rings. The van der Waals surface area contributed by atoms with Crippen molar-refractivity contribution in [2.75, 3.05) is 0 Å². The Bertz CT molecular complexity index is 1560. The number of unbranched alkanes of at least 4 members (excludes halogenated alkanes) is 1. The summed E-state index contributed by atoms with van der Waals surface area (Å²) in [6.45, 7) is 4.80. The molecule has 236 valence electrons. The molecule has 44 heavy (non-hydrogen) atoms. The van der Waals surface area contributed by atoms with Gasteiger partial charge in [-0.1, -0.05) is 32.1 Å². The van der Waals surface area contributed by atoms with Crippen LogP contribution in [0.15, 0.2) is 78.4 Å². The van der Waals surface area contributed by atoms with E-state index in [0.29, 0.717) is 12.0 Å². The van der Waals surface area contributed by atoms with Crippen LogP contribution < -0.4 is 4.74 Å². The van der Waals surface area contributed by atoms with Gasteiger partial charge in [-0.05, 0) is 60.7 Å². The fourth-order valence-corrected chi connectivity index (χ4v) is 4.15. The van der Waals surface area contributed by atoms with Crippen molar-refractivity contribution in [1.29, 1.82) is 0 Å². The van der Waals surface area contributed by atoms with Gasteiger partial charge in [-0.3, -0.25) is 0 Å². The lowest BCUT2D eigenvalue weighted by molar-refractivity contribution is -0.145. The molecule has 0 amide bonds. The fourth-order valence-electron chi connectivity index (χ4n) is 4.15. The van der Waals surface area contributed by atoms with Crippen molar-refractivity contribution in [1.82, 2.24) is 0 Å². The van der Waals surface area contributed by atoms with Crippen molar-refractivity contribution in [2.45, 2.75) is 44.9 Å². The van der Waals surface area contributed by atoms with E-state index in [0.717, 1.165) is 25.0 Å². The van der Waals surface area contributed by atoms with Gasteiger partial charge in [0.25, 0.3) is 0 Å². The zero-order valence-corrected chi connectivity index (χ0v) is 22.7. The molecular formula is C31H22F12O. The molecule has 0 unspecified atom stereocenters. The van der Waals surface area contributed by atoms with Crippen molar-refractivity contribution in [3.63, 3.8) is 0 Å². The molecule has 0 bridgehead atoms. The van der Waals surface area contributed by atoms with E-state index in [9.17, 15) is 52.7 Å². The van der Waals surface area contributed by atoms with Gasteiger partial charge in [-0.15, -0.1) is 0 Å². The highest BCUT2D eigenvalue weighted by molar-refractivity contribution is 5.65. The summed E-state index contributed by atoms with van der Waals surface area (Å²) in [6, 6.07) is 5.00. The van der Waals surface area contributed by atoms with Crippen LogP contribution in [0.25, 0.3) is 11.1 Å². The van der Waals surface area contributed by atoms with Gasteiger partial charge in [0.15, 0.2) is 0 Å². The van der Waals surface area contributed by atoms with Gasteiger partial charge in [0.1, 0.15) is 57.6 Å². The van der Waals surface area contributed by atoms with E-state index < -0.39 is 81.9 Å². The molecule has 0 aliphatic heterocycles. The first-order valence-corrected chi connectivity index (χ1v) is 12.8. The third-order valence-electron chi connectivity index (χ3n) is 6.28. The summed E-state index contributed by atoms with van der Waals surface area (Å²) >= 11 is 0. The number of rotatable bonds is 11. The van der Waals surface area contributed by atoms with Crippen LogP contribution in [0, 0.1) is 29.1 Å². The Hall–Kier alpha value is -4.16. The highest BCUT2D eigenvalue weighted by atomic mass is 19.4. The van der Waals surface area contributed by atoms with E-state index in [1.165, 1.54) is 12.1 Å². The minimum absolute atomic E-state index is 0.0893. The summed E-state index contributed by atoms with van der Waals surface area (Å²) in [6.07, 6.45) is -9.30. The van der Waals surface area contributed by atoms with E-state index in [4.69, 9.17) is 0 Å². The molecule has 0 aromatic heterocycles. The van der Waals surface area contributed by atoms with Crippen molar-refractivity contribution in [3.05, 3.63) is 124 Å². The number of allylic oxidation sites excluding steroid dienone is 3. The fraction of sp³-hybridized carbons (Fsp3) is 0.226. The second kappa shape index (κ2) is 13.6. The number of ether oxygens (including phenoxy) is 1. The van der Waals surface area contributed by atoms with Crippen LogP contribution in [0.2, 0.25) is 0 Å². The number of halogens is 12. The number of hydrogen-bond acceptors (Lipinski definition) is 1. The quantitative estimate of drug-likeness (QED) is 0.150. The molecule has 0 saturated heterocycles. The van der Waals surface area contributed by atoms with Crippen LogP contribution in [-0.4, -0.2) is 6.11 Å². The zero-order valence-electron chi connectivity index (χ0n) is 22.7. The minimum atomic E-state index is -5.54. The Morgan fingerprint density at radius 3 is 1.91 bits per heavy atom. The van der Waals surface area contributed by atoms with Gasteiger partial charge in [0.2, 0.25) is 0 Å². The maximum Gasteiger partial charge on any atom is 0.432 e. The highest BCUT2D eigenvalue weighted by Crippen LogP contribution is 2.40. The first-order valence-electron chi connectivity index (χ1n) is 12.8. The SMILES string of the molecule is C=C/C(F)=C(\C(F)=C/Cc1c(F)cc(-c2ccc(CCCC)cc2F)cc1F)C(F)(F)Oc1cc(F)c(C(F)(F)F)c(F)c1. The molecule has 0 radical (unpaired) electrons. The summed E-state index contributed by atoms with van der Waals surface area (Å²) in [4.78, 5) is 0. The van der Waals surface area contributed by atoms with E-state index in [1.54, 1.807) is 6.07 Å². The molecule has 0 N–H and O–H groups in total. The molecular weight excluding hydrogens is 616 g/mol. The van der Waals surface area contributed by atoms with Crippen molar-refractivity contribution in [2.24, 2.45) is 0 Å². The van der Waals surface area contributed by atoms with Crippen molar-refractivity contribution < 1.29 is 57.4 Å². The second-order valence-corrected chi connectivity index (χ2v) is 9.40. The van der Waals surface area contributed by atoms with Crippen LogP contribution >= 0.6 is 0 Å². The summed E-state index contributed by atoms with van der Waals surface area (Å²) in [5, 5.41) is 0. The maximum absolute atomic E-state index is 14.9. The summed E-state index contributed by atoms with van der Waals surface area (Å²) in [5.74, 6) is -13.9. The molecule has 3 aromatic carbocycles. The van der Waals surface area contributed by atoms with Gasteiger partial charge < -0.3 is 4.74 Å². The lowest BCUT2D eigenvalue weighted by atomic mass is 9.98. The smallest absolute Gasteiger partial charge is 0.429 e. The monoisotopic (exact) mass is 638 g/mol. The lowest BCUT2D eigenvalue weighted by Gasteiger charge is -2.21. The highest BCUT2D eigenvalue weighted by Gasteiger charge is 2.44. The predicted molar refractivity (Wildman–Crippen MR) is 139 cm³/mol. The normalized spacial score (nSPS) is 13.2. The molecule has 13 heteroatoms. The van der Waals surface area contributed by atoms with E-state index in [2.05, 4.69) is 11.3 Å². The summed E-state index contributed by atoms with van der Waals surface area (Å²) in [5.41, 5.74) is -5.25. The zero-order chi connectivity index (χ0) is 33.0. The average Bonchev–Trinajstić information content (AvgIpc) is 2.89. The maximum atomic E-state index is 14.9. The molecule has 0 atom stereocenters. The minimum Gasteiger partial charge on any atom is -0.429 e. The van der Waals surface area contributed by atoms with Crippen LogP contribution in [0.1, 0.15) is 36.5 Å². The molecule has 1 nitrogen and oxygen atoms in total.